The van der Waals surface area contributed by atoms with Crippen molar-refractivity contribution >= 4 is 17.3 Å². The SMILES string of the molecule is CCCCCCCCCCCCCCCC(=S)O[C@@H]1[C@@H](O)[C@H](O)CO[C@H]1CO. The van der Waals surface area contributed by atoms with Gasteiger partial charge >= 0.3 is 0 Å². The van der Waals surface area contributed by atoms with Crippen LogP contribution in [0.3, 0.4) is 0 Å². The lowest BCUT2D eigenvalue weighted by Crippen LogP contribution is -2.55. The third-order valence-corrected chi connectivity index (χ3v) is 5.81. The van der Waals surface area contributed by atoms with E-state index in [1.165, 1.54) is 70.6 Å². The minimum atomic E-state index is -1.09. The fourth-order valence-electron chi connectivity index (χ4n) is 3.65. The van der Waals surface area contributed by atoms with Gasteiger partial charge in [0.05, 0.1) is 13.2 Å². The fourth-order valence-corrected chi connectivity index (χ4v) is 3.91. The van der Waals surface area contributed by atoms with Crippen LogP contribution in [0.5, 0.6) is 0 Å². The molecule has 0 aliphatic carbocycles. The summed E-state index contributed by atoms with van der Waals surface area (Å²) in [6.45, 7) is 1.99. The molecule has 1 rings (SSSR count). The molecule has 28 heavy (non-hydrogen) atoms. The summed E-state index contributed by atoms with van der Waals surface area (Å²) in [5, 5.41) is 29.5. The molecule has 1 fully saturated rings. The van der Waals surface area contributed by atoms with Crippen molar-refractivity contribution in [3.8, 4) is 0 Å². The second kappa shape index (κ2) is 16.5. The summed E-state index contributed by atoms with van der Waals surface area (Å²) in [6, 6.07) is 0. The molecule has 0 saturated carbocycles. The summed E-state index contributed by atoms with van der Waals surface area (Å²) in [4.78, 5) is 0. The molecule has 6 heteroatoms. The molecule has 0 unspecified atom stereocenters. The largest absolute Gasteiger partial charge is 0.478 e. The summed E-state index contributed by atoms with van der Waals surface area (Å²) in [6.07, 6.45) is 14.0. The Morgan fingerprint density at radius 1 is 0.893 bits per heavy atom. The number of hydrogen-bond acceptors (Lipinski definition) is 6. The standard InChI is InChI=1S/C22H42O5S/c1-2-3-4-5-6-7-8-9-10-11-12-13-14-15-20(28)27-22-19(16-23)26-17-18(24)21(22)25/h18-19,21-25H,2-17H2,1H3/t18-,19+,21+,22+/m1/s1. The van der Waals surface area contributed by atoms with Crippen LogP contribution in [0.1, 0.15) is 96.8 Å². The molecule has 0 radical (unpaired) electrons. The van der Waals surface area contributed by atoms with Gasteiger partial charge in [-0.25, -0.2) is 0 Å². The van der Waals surface area contributed by atoms with Gasteiger partial charge in [-0.05, 0) is 18.6 Å². The Bertz CT molecular complexity index is 391. The topological polar surface area (TPSA) is 79.2 Å². The van der Waals surface area contributed by atoms with Crippen molar-refractivity contribution in [3.63, 3.8) is 0 Å². The van der Waals surface area contributed by atoms with Gasteiger partial charge in [0.1, 0.15) is 18.3 Å². The van der Waals surface area contributed by atoms with Crippen LogP contribution in [0.25, 0.3) is 0 Å². The molecule has 3 N–H and O–H groups in total. The van der Waals surface area contributed by atoms with E-state index >= 15 is 0 Å². The highest BCUT2D eigenvalue weighted by molar-refractivity contribution is 7.80. The summed E-state index contributed by atoms with van der Waals surface area (Å²) in [5.74, 6) is 0. The molecule has 5 nitrogen and oxygen atoms in total. The molecule has 0 bridgehead atoms. The monoisotopic (exact) mass is 418 g/mol. The van der Waals surface area contributed by atoms with Crippen LogP contribution in [0.15, 0.2) is 0 Å². The Labute approximate surface area is 176 Å². The van der Waals surface area contributed by atoms with Crippen molar-refractivity contribution in [3.05, 3.63) is 0 Å². The first-order valence-corrected chi connectivity index (χ1v) is 11.8. The van der Waals surface area contributed by atoms with Gasteiger partial charge in [-0.2, -0.15) is 0 Å². The first kappa shape index (κ1) is 25.8. The Kier molecular flexibility index (Phi) is 15.2. The zero-order valence-electron chi connectivity index (χ0n) is 17.7. The number of rotatable bonds is 16. The molecule has 4 atom stereocenters. The van der Waals surface area contributed by atoms with E-state index in [0.29, 0.717) is 11.5 Å². The summed E-state index contributed by atoms with van der Waals surface area (Å²) in [5.41, 5.74) is 0. The molecule has 1 aliphatic heterocycles. The van der Waals surface area contributed by atoms with Crippen LogP contribution in [-0.2, 0) is 9.47 Å². The fraction of sp³-hybridized carbons (Fsp3) is 0.955. The van der Waals surface area contributed by atoms with Gasteiger partial charge in [-0.3, -0.25) is 0 Å². The highest BCUT2D eigenvalue weighted by Crippen LogP contribution is 2.20. The number of hydrogen-bond donors (Lipinski definition) is 3. The van der Waals surface area contributed by atoms with E-state index in [1.54, 1.807) is 0 Å². The molecule has 0 aromatic carbocycles. The number of ether oxygens (including phenoxy) is 2. The second-order valence-electron chi connectivity index (χ2n) is 8.06. The Morgan fingerprint density at radius 3 is 1.89 bits per heavy atom. The minimum Gasteiger partial charge on any atom is -0.478 e. The molecule has 0 aromatic heterocycles. The van der Waals surface area contributed by atoms with Gasteiger partial charge in [0, 0.05) is 6.42 Å². The average Bonchev–Trinajstić information content (AvgIpc) is 2.69. The predicted octanol–water partition coefficient (Wildman–Crippen LogP) is 4.29. The van der Waals surface area contributed by atoms with E-state index in [1.807, 2.05) is 0 Å². The van der Waals surface area contributed by atoms with Crippen molar-refractivity contribution in [2.24, 2.45) is 0 Å². The van der Waals surface area contributed by atoms with Crippen LogP contribution in [0.2, 0.25) is 0 Å². The zero-order valence-corrected chi connectivity index (χ0v) is 18.5. The van der Waals surface area contributed by atoms with E-state index in [2.05, 4.69) is 6.92 Å². The first-order chi connectivity index (χ1) is 13.6. The lowest BCUT2D eigenvalue weighted by molar-refractivity contribution is -0.190. The van der Waals surface area contributed by atoms with Crippen LogP contribution >= 0.6 is 12.2 Å². The van der Waals surface area contributed by atoms with E-state index in [4.69, 9.17) is 21.7 Å². The first-order valence-electron chi connectivity index (χ1n) is 11.4. The zero-order chi connectivity index (χ0) is 20.6. The van der Waals surface area contributed by atoms with E-state index in [0.717, 1.165) is 12.8 Å². The van der Waals surface area contributed by atoms with Crippen molar-refractivity contribution < 1.29 is 24.8 Å². The Hall–Kier alpha value is -0.270. The second-order valence-corrected chi connectivity index (χ2v) is 8.51. The van der Waals surface area contributed by atoms with Crippen molar-refractivity contribution in [2.75, 3.05) is 13.2 Å². The molecule has 1 heterocycles. The highest BCUT2D eigenvalue weighted by Gasteiger charge is 2.40. The van der Waals surface area contributed by atoms with Gasteiger partial charge in [-0.15, -0.1) is 0 Å². The quantitative estimate of drug-likeness (QED) is 0.256. The number of unbranched alkanes of at least 4 members (excludes halogenated alkanes) is 12. The molecule has 166 valence electrons. The maximum Gasteiger partial charge on any atom is 0.160 e. The molecule has 1 aliphatic rings. The van der Waals surface area contributed by atoms with Crippen LogP contribution in [0, 0.1) is 0 Å². The Morgan fingerprint density at radius 2 is 1.39 bits per heavy atom. The molecular formula is C22H42O5S. The lowest BCUT2D eigenvalue weighted by atomic mass is 10.0. The predicted molar refractivity (Wildman–Crippen MR) is 117 cm³/mol. The third kappa shape index (κ3) is 11.1. The highest BCUT2D eigenvalue weighted by atomic mass is 32.1. The van der Waals surface area contributed by atoms with Gasteiger partial charge in [0.2, 0.25) is 0 Å². The number of aliphatic hydroxyl groups excluding tert-OH is 3. The van der Waals surface area contributed by atoms with Gasteiger partial charge < -0.3 is 24.8 Å². The molecule has 1 saturated heterocycles. The lowest BCUT2D eigenvalue weighted by Gasteiger charge is -2.37. The van der Waals surface area contributed by atoms with Gasteiger partial charge in [0.25, 0.3) is 0 Å². The van der Waals surface area contributed by atoms with Crippen molar-refractivity contribution in [2.45, 2.75) is 121 Å². The summed E-state index contributed by atoms with van der Waals surface area (Å²) < 4.78 is 10.9. The third-order valence-electron chi connectivity index (χ3n) is 5.51. The maximum atomic E-state index is 10.0. The van der Waals surface area contributed by atoms with Crippen LogP contribution < -0.4 is 0 Å². The van der Waals surface area contributed by atoms with Crippen LogP contribution in [0.4, 0.5) is 0 Å². The summed E-state index contributed by atoms with van der Waals surface area (Å²) >= 11 is 5.26. The molecule has 0 aromatic rings. The normalized spacial score (nSPS) is 25.0. The van der Waals surface area contributed by atoms with Crippen LogP contribution in [-0.4, -0.2) is 58.0 Å². The Balaban J connectivity index is 1.97. The van der Waals surface area contributed by atoms with Gasteiger partial charge in [0.15, 0.2) is 11.2 Å². The van der Waals surface area contributed by atoms with E-state index in [9.17, 15) is 15.3 Å². The summed E-state index contributed by atoms with van der Waals surface area (Å²) in [7, 11) is 0. The maximum absolute atomic E-state index is 10.0. The van der Waals surface area contributed by atoms with E-state index in [-0.39, 0.29) is 13.2 Å². The number of aliphatic hydroxyl groups is 3. The molecule has 0 amide bonds. The smallest absolute Gasteiger partial charge is 0.160 e. The average molecular weight is 419 g/mol. The number of thiocarbonyl (C=S) groups is 1. The van der Waals surface area contributed by atoms with Crippen molar-refractivity contribution in [1.29, 1.82) is 0 Å². The molecular weight excluding hydrogens is 376 g/mol. The minimum absolute atomic E-state index is 0.00211. The van der Waals surface area contributed by atoms with Crippen molar-refractivity contribution in [1.82, 2.24) is 0 Å². The molecule has 0 spiro atoms. The van der Waals surface area contributed by atoms with E-state index < -0.39 is 24.4 Å². The van der Waals surface area contributed by atoms with Gasteiger partial charge in [-0.1, -0.05) is 84.0 Å².